The molecule has 0 aliphatic carbocycles. The molecule has 0 radical (unpaired) electrons. The maximum atomic E-state index is 10.9. The molecule has 6 heteroatoms. The molecule has 0 amide bonds. The summed E-state index contributed by atoms with van der Waals surface area (Å²) in [6, 6.07) is 13.9. The van der Waals surface area contributed by atoms with Gasteiger partial charge < -0.3 is 19.3 Å². The standard InChI is InChI=1S/C24H22N4O2/c1-13-4-6-15-17(11-28(3)20(15)8-13)21-22(24(30)26-23(21)29)18-12-27(2)19-7-5-14(10-25)9-16(18)19/h4-9,11-12,23-24,26,29-30H,1-3H3. The number of aromatic nitrogens is 2. The van der Waals surface area contributed by atoms with Crippen molar-refractivity contribution in [2.75, 3.05) is 0 Å². The normalized spacial score (nSPS) is 19.2. The summed E-state index contributed by atoms with van der Waals surface area (Å²) in [4.78, 5) is 0. The van der Waals surface area contributed by atoms with Crippen LogP contribution in [0.4, 0.5) is 0 Å². The van der Waals surface area contributed by atoms with Gasteiger partial charge in [-0.05, 0) is 36.8 Å². The molecule has 2 atom stereocenters. The molecule has 0 fully saturated rings. The smallest absolute Gasteiger partial charge is 0.134 e. The third-order valence-corrected chi connectivity index (χ3v) is 6.00. The Labute approximate surface area is 173 Å². The van der Waals surface area contributed by atoms with E-state index in [-0.39, 0.29) is 0 Å². The van der Waals surface area contributed by atoms with Gasteiger partial charge in [0.2, 0.25) is 0 Å². The highest BCUT2D eigenvalue weighted by Crippen LogP contribution is 2.41. The van der Waals surface area contributed by atoms with Crippen molar-refractivity contribution in [3.8, 4) is 6.07 Å². The summed E-state index contributed by atoms with van der Waals surface area (Å²) in [5.74, 6) is 0. The number of nitrogens with zero attached hydrogens (tertiary/aromatic N) is 3. The SMILES string of the molecule is Cc1ccc2c(C3=C(c4cn(C)c5ccc(C#N)cc45)C(O)NC3O)cn(C)c2c1. The number of rotatable bonds is 2. The number of hydrogen-bond acceptors (Lipinski definition) is 4. The van der Waals surface area contributed by atoms with Crippen molar-refractivity contribution in [1.29, 1.82) is 5.26 Å². The van der Waals surface area contributed by atoms with Gasteiger partial charge in [0, 0.05) is 70.6 Å². The summed E-state index contributed by atoms with van der Waals surface area (Å²) in [6.07, 6.45) is 1.91. The Bertz CT molecular complexity index is 1400. The second-order valence-electron chi connectivity index (χ2n) is 7.97. The van der Waals surface area contributed by atoms with Gasteiger partial charge in [-0.1, -0.05) is 12.1 Å². The second kappa shape index (κ2) is 6.57. The number of hydrogen-bond donors (Lipinski definition) is 3. The predicted octanol–water partition coefficient (Wildman–Crippen LogP) is 3.00. The first-order chi connectivity index (χ1) is 14.4. The number of benzene rings is 2. The zero-order chi connectivity index (χ0) is 21.2. The molecule has 2 unspecified atom stereocenters. The van der Waals surface area contributed by atoms with Crippen molar-refractivity contribution in [1.82, 2.24) is 14.5 Å². The van der Waals surface area contributed by atoms with E-state index in [2.05, 4.69) is 30.4 Å². The first-order valence-corrected chi connectivity index (χ1v) is 9.81. The molecule has 4 aromatic rings. The van der Waals surface area contributed by atoms with Gasteiger partial charge in [0.05, 0.1) is 11.6 Å². The lowest BCUT2D eigenvalue weighted by Gasteiger charge is -2.10. The molecule has 150 valence electrons. The van der Waals surface area contributed by atoms with E-state index in [1.54, 1.807) is 6.07 Å². The fraction of sp³-hybridized carbons (Fsp3) is 0.208. The molecule has 0 saturated heterocycles. The molecule has 5 rings (SSSR count). The molecule has 0 spiro atoms. The first kappa shape index (κ1) is 18.6. The molecule has 3 heterocycles. The Morgan fingerprint density at radius 3 is 2.17 bits per heavy atom. The van der Waals surface area contributed by atoms with Crippen molar-refractivity contribution in [2.24, 2.45) is 14.1 Å². The predicted molar refractivity (Wildman–Crippen MR) is 117 cm³/mol. The van der Waals surface area contributed by atoms with Crippen molar-refractivity contribution in [3.05, 3.63) is 71.0 Å². The number of aryl methyl sites for hydroxylation is 3. The van der Waals surface area contributed by atoms with Gasteiger partial charge in [0.15, 0.2) is 0 Å². The van der Waals surface area contributed by atoms with Gasteiger partial charge in [0.1, 0.15) is 12.5 Å². The van der Waals surface area contributed by atoms with Crippen molar-refractivity contribution in [2.45, 2.75) is 19.4 Å². The summed E-state index contributed by atoms with van der Waals surface area (Å²) >= 11 is 0. The average Bonchev–Trinajstić information content (AvgIpc) is 3.32. The minimum Gasteiger partial charge on any atom is -0.374 e. The number of aliphatic hydroxyl groups excluding tert-OH is 2. The lowest BCUT2D eigenvalue weighted by Crippen LogP contribution is -2.31. The lowest BCUT2D eigenvalue weighted by molar-refractivity contribution is 0.120. The van der Waals surface area contributed by atoms with Crippen LogP contribution in [0.25, 0.3) is 33.0 Å². The van der Waals surface area contributed by atoms with E-state index < -0.39 is 12.5 Å². The van der Waals surface area contributed by atoms with Crippen LogP contribution in [0.2, 0.25) is 0 Å². The number of nitriles is 1. The Kier molecular flexibility index (Phi) is 4.09. The van der Waals surface area contributed by atoms with Gasteiger partial charge in [-0.25, -0.2) is 0 Å². The number of fused-ring (bicyclic) bond motifs is 2. The highest BCUT2D eigenvalue weighted by Gasteiger charge is 2.35. The molecule has 1 aliphatic rings. The zero-order valence-electron chi connectivity index (χ0n) is 17.0. The summed E-state index contributed by atoms with van der Waals surface area (Å²) in [7, 11) is 3.91. The number of aliphatic hydroxyl groups is 2. The van der Waals surface area contributed by atoms with Gasteiger partial charge in [-0.15, -0.1) is 0 Å². The fourth-order valence-corrected chi connectivity index (χ4v) is 4.58. The Hall–Kier alpha value is -3.37. The molecular formula is C24H22N4O2. The van der Waals surface area contributed by atoms with Crippen LogP contribution in [0, 0.1) is 18.3 Å². The second-order valence-corrected chi connectivity index (χ2v) is 7.97. The van der Waals surface area contributed by atoms with Gasteiger partial charge in [-0.3, -0.25) is 5.32 Å². The molecule has 0 saturated carbocycles. The third kappa shape index (κ3) is 2.61. The van der Waals surface area contributed by atoms with Crippen LogP contribution in [-0.2, 0) is 14.1 Å². The van der Waals surface area contributed by atoms with Crippen molar-refractivity contribution < 1.29 is 10.2 Å². The Balaban J connectivity index is 1.85. The van der Waals surface area contributed by atoms with E-state index in [0.29, 0.717) is 16.7 Å². The maximum Gasteiger partial charge on any atom is 0.134 e. The molecule has 6 nitrogen and oxygen atoms in total. The van der Waals surface area contributed by atoms with Crippen LogP contribution in [0.3, 0.4) is 0 Å². The molecule has 0 bridgehead atoms. The van der Waals surface area contributed by atoms with E-state index in [1.165, 1.54) is 0 Å². The molecule has 2 aromatic heterocycles. The zero-order valence-corrected chi connectivity index (χ0v) is 17.0. The van der Waals surface area contributed by atoms with E-state index in [4.69, 9.17) is 0 Å². The fourth-order valence-electron chi connectivity index (χ4n) is 4.58. The van der Waals surface area contributed by atoms with Gasteiger partial charge in [-0.2, -0.15) is 5.26 Å². The van der Waals surface area contributed by atoms with Crippen molar-refractivity contribution in [3.63, 3.8) is 0 Å². The van der Waals surface area contributed by atoms with Gasteiger partial charge in [0.25, 0.3) is 0 Å². The minimum atomic E-state index is -1.02. The Morgan fingerprint density at radius 2 is 1.50 bits per heavy atom. The monoisotopic (exact) mass is 398 g/mol. The molecule has 1 aliphatic heterocycles. The highest BCUT2D eigenvalue weighted by molar-refractivity contribution is 6.08. The van der Waals surface area contributed by atoms with E-state index in [1.807, 2.05) is 53.8 Å². The number of nitrogens with one attached hydrogen (secondary N) is 1. The summed E-state index contributed by atoms with van der Waals surface area (Å²) < 4.78 is 4.01. The summed E-state index contributed by atoms with van der Waals surface area (Å²) in [5, 5.41) is 35.8. The quantitative estimate of drug-likeness (QED) is 0.485. The van der Waals surface area contributed by atoms with Crippen molar-refractivity contribution >= 4 is 33.0 Å². The van der Waals surface area contributed by atoms with Crippen LogP contribution in [0.15, 0.2) is 48.8 Å². The first-order valence-electron chi connectivity index (χ1n) is 9.81. The highest BCUT2D eigenvalue weighted by atomic mass is 16.3. The molecule has 30 heavy (non-hydrogen) atoms. The molecule has 3 N–H and O–H groups in total. The lowest BCUT2D eigenvalue weighted by atomic mass is 9.94. The van der Waals surface area contributed by atoms with E-state index >= 15 is 0 Å². The van der Waals surface area contributed by atoms with Crippen LogP contribution >= 0.6 is 0 Å². The topological polar surface area (TPSA) is 86.1 Å². The van der Waals surface area contributed by atoms with E-state index in [0.717, 1.165) is 38.5 Å². The van der Waals surface area contributed by atoms with Crippen LogP contribution in [0.1, 0.15) is 22.3 Å². The summed E-state index contributed by atoms with van der Waals surface area (Å²) in [5.41, 5.74) is 6.72. The minimum absolute atomic E-state index is 0.554. The van der Waals surface area contributed by atoms with Crippen LogP contribution in [0.5, 0.6) is 0 Å². The third-order valence-electron chi connectivity index (χ3n) is 6.00. The Morgan fingerprint density at radius 1 is 0.867 bits per heavy atom. The largest absolute Gasteiger partial charge is 0.374 e. The summed E-state index contributed by atoms with van der Waals surface area (Å²) in [6.45, 7) is 2.05. The average molecular weight is 398 g/mol. The van der Waals surface area contributed by atoms with Crippen LogP contribution in [-0.4, -0.2) is 31.8 Å². The van der Waals surface area contributed by atoms with Gasteiger partial charge >= 0.3 is 0 Å². The van der Waals surface area contributed by atoms with Crippen LogP contribution < -0.4 is 5.32 Å². The van der Waals surface area contributed by atoms with E-state index in [9.17, 15) is 15.5 Å². The molecule has 2 aromatic carbocycles. The molecular weight excluding hydrogens is 376 g/mol. The maximum absolute atomic E-state index is 10.9.